The fourth-order valence-electron chi connectivity index (χ4n) is 1.54. The number of ether oxygens (including phenoxy) is 1. The van der Waals surface area contributed by atoms with E-state index in [1.807, 2.05) is 6.07 Å². The summed E-state index contributed by atoms with van der Waals surface area (Å²) in [5.74, 6) is 0. The zero-order chi connectivity index (χ0) is 8.93. The molecule has 1 aromatic carbocycles. The molecule has 68 valence electrons. The van der Waals surface area contributed by atoms with E-state index in [1.165, 1.54) is 18.4 Å². The standard InChI is InChI=1S/C12H14O/c1-2-5-11(6-3-1)8-9-12-7-4-10-13-12/h1-3,5-6,8-9,12H,4,7,10H2. The van der Waals surface area contributed by atoms with Crippen LogP contribution < -0.4 is 0 Å². The van der Waals surface area contributed by atoms with Gasteiger partial charge in [0.05, 0.1) is 6.10 Å². The largest absolute Gasteiger partial charge is 0.374 e. The minimum absolute atomic E-state index is 0.347. The van der Waals surface area contributed by atoms with Crippen molar-refractivity contribution in [1.29, 1.82) is 0 Å². The Morgan fingerprint density at radius 3 is 2.77 bits per heavy atom. The van der Waals surface area contributed by atoms with Crippen molar-refractivity contribution < 1.29 is 4.74 Å². The molecule has 1 heteroatoms. The van der Waals surface area contributed by atoms with Crippen LogP contribution in [0.3, 0.4) is 0 Å². The maximum atomic E-state index is 5.49. The molecule has 0 aliphatic carbocycles. The minimum atomic E-state index is 0.347. The third kappa shape index (κ3) is 2.43. The Bertz CT molecular complexity index is 270. The van der Waals surface area contributed by atoms with Crippen LogP contribution in [0.15, 0.2) is 36.4 Å². The second-order valence-corrected chi connectivity index (χ2v) is 3.32. The van der Waals surface area contributed by atoms with Crippen LogP contribution in [0.25, 0.3) is 6.08 Å². The van der Waals surface area contributed by atoms with Crippen LogP contribution in [0.5, 0.6) is 0 Å². The van der Waals surface area contributed by atoms with E-state index in [4.69, 9.17) is 4.74 Å². The van der Waals surface area contributed by atoms with Gasteiger partial charge in [-0.15, -0.1) is 0 Å². The van der Waals surface area contributed by atoms with E-state index in [0.717, 1.165) is 6.61 Å². The molecule has 0 aromatic heterocycles. The first-order chi connectivity index (χ1) is 6.45. The first-order valence-electron chi connectivity index (χ1n) is 4.80. The third-order valence-electron chi connectivity index (χ3n) is 2.27. The molecule has 1 saturated heterocycles. The second-order valence-electron chi connectivity index (χ2n) is 3.32. The van der Waals surface area contributed by atoms with E-state index in [1.54, 1.807) is 0 Å². The van der Waals surface area contributed by atoms with Crippen molar-refractivity contribution in [3.05, 3.63) is 42.0 Å². The molecule has 0 amide bonds. The zero-order valence-electron chi connectivity index (χ0n) is 7.65. The first kappa shape index (κ1) is 8.52. The normalized spacial score (nSPS) is 22.6. The molecule has 2 rings (SSSR count). The van der Waals surface area contributed by atoms with Crippen LogP contribution in [-0.4, -0.2) is 12.7 Å². The van der Waals surface area contributed by atoms with E-state index in [-0.39, 0.29) is 0 Å². The fourth-order valence-corrected chi connectivity index (χ4v) is 1.54. The molecule has 1 aliphatic rings. The average Bonchev–Trinajstić information content (AvgIpc) is 2.69. The highest BCUT2D eigenvalue weighted by Crippen LogP contribution is 2.14. The van der Waals surface area contributed by atoms with Crippen molar-refractivity contribution in [2.24, 2.45) is 0 Å². The summed E-state index contributed by atoms with van der Waals surface area (Å²) in [4.78, 5) is 0. The van der Waals surface area contributed by atoms with Crippen LogP contribution >= 0.6 is 0 Å². The lowest BCUT2D eigenvalue weighted by molar-refractivity contribution is 0.146. The molecular formula is C12H14O. The molecule has 13 heavy (non-hydrogen) atoms. The summed E-state index contributed by atoms with van der Waals surface area (Å²) in [5, 5.41) is 0. The van der Waals surface area contributed by atoms with E-state index >= 15 is 0 Å². The van der Waals surface area contributed by atoms with Crippen molar-refractivity contribution in [2.45, 2.75) is 18.9 Å². The Balaban J connectivity index is 1.97. The van der Waals surface area contributed by atoms with Gasteiger partial charge >= 0.3 is 0 Å². The van der Waals surface area contributed by atoms with E-state index < -0.39 is 0 Å². The van der Waals surface area contributed by atoms with Gasteiger partial charge in [-0.1, -0.05) is 42.5 Å². The van der Waals surface area contributed by atoms with E-state index in [9.17, 15) is 0 Å². The number of hydrogen-bond acceptors (Lipinski definition) is 1. The molecule has 1 nitrogen and oxygen atoms in total. The molecular weight excluding hydrogens is 160 g/mol. The van der Waals surface area contributed by atoms with Gasteiger partial charge in [0.25, 0.3) is 0 Å². The minimum Gasteiger partial charge on any atom is -0.374 e. The molecule has 0 radical (unpaired) electrons. The van der Waals surface area contributed by atoms with Gasteiger partial charge in [-0.25, -0.2) is 0 Å². The summed E-state index contributed by atoms with van der Waals surface area (Å²) in [6.07, 6.45) is 7.01. The average molecular weight is 174 g/mol. The Kier molecular flexibility index (Phi) is 2.78. The Morgan fingerprint density at radius 1 is 1.23 bits per heavy atom. The molecule has 1 fully saturated rings. The summed E-state index contributed by atoms with van der Waals surface area (Å²) < 4.78 is 5.49. The van der Waals surface area contributed by atoms with Crippen molar-refractivity contribution in [3.63, 3.8) is 0 Å². The lowest BCUT2D eigenvalue weighted by Crippen LogP contribution is -1.98. The van der Waals surface area contributed by atoms with Crippen LogP contribution in [0.4, 0.5) is 0 Å². The maximum Gasteiger partial charge on any atom is 0.0759 e. The summed E-state index contributed by atoms with van der Waals surface area (Å²) >= 11 is 0. The molecule has 1 aliphatic heterocycles. The number of benzene rings is 1. The second kappa shape index (κ2) is 4.24. The van der Waals surface area contributed by atoms with Crippen molar-refractivity contribution in [1.82, 2.24) is 0 Å². The molecule has 1 heterocycles. The first-order valence-corrected chi connectivity index (χ1v) is 4.80. The van der Waals surface area contributed by atoms with E-state index in [0.29, 0.717) is 6.10 Å². The Morgan fingerprint density at radius 2 is 2.08 bits per heavy atom. The van der Waals surface area contributed by atoms with Gasteiger partial charge in [-0.2, -0.15) is 0 Å². The zero-order valence-corrected chi connectivity index (χ0v) is 7.65. The lowest BCUT2D eigenvalue weighted by Gasteiger charge is -2.00. The highest BCUT2D eigenvalue weighted by atomic mass is 16.5. The summed E-state index contributed by atoms with van der Waals surface area (Å²) in [6.45, 7) is 0.920. The maximum absolute atomic E-state index is 5.49. The quantitative estimate of drug-likeness (QED) is 0.670. The summed E-state index contributed by atoms with van der Waals surface area (Å²) in [7, 11) is 0. The van der Waals surface area contributed by atoms with Gasteiger partial charge in [0.2, 0.25) is 0 Å². The van der Waals surface area contributed by atoms with Gasteiger partial charge in [0, 0.05) is 6.61 Å². The number of hydrogen-bond donors (Lipinski definition) is 0. The van der Waals surface area contributed by atoms with Gasteiger partial charge in [0.1, 0.15) is 0 Å². The van der Waals surface area contributed by atoms with Gasteiger partial charge in [0.15, 0.2) is 0 Å². The fraction of sp³-hybridized carbons (Fsp3) is 0.333. The summed E-state index contributed by atoms with van der Waals surface area (Å²) in [6, 6.07) is 10.3. The summed E-state index contributed by atoms with van der Waals surface area (Å²) in [5.41, 5.74) is 1.25. The predicted molar refractivity (Wildman–Crippen MR) is 54.5 cm³/mol. The molecule has 0 bridgehead atoms. The third-order valence-corrected chi connectivity index (χ3v) is 2.27. The van der Waals surface area contributed by atoms with Crippen molar-refractivity contribution >= 4 is 6.08 Å². The molecule has 1 unspecified atom stereocenters. The Labute approximate surface area is 79.0 Å². The van der Waals surface area contributed by atoms with Crippen molar-refractivity contribution in [2.75, 3.05) is 6.61 Å². The van der Waals surface area contributed by atoms with Crippen LogP contribution in [0, 0.1) is 0 Å². The highest BCUT2D eigenvalue weighted by molar-refractivity contribution is 5.49. The van der Waals surface area contributed by atoms with Crippen LogP contribution in [0.2, 0.25) is 0 Å². The molecule has 0 saturated carbocycles. The molecule has 0 N–H and O–H groups in total. The predicted octanol–water partition coefficient (Wildman–Crippen LogP) is 2.88. The van der Waals surface area contributed by atoms with Crippen LogP contribution in [-0.2, 0) is 4.74 Å². The van der Waals surface area contributed by atoms with E-state index in [2.05, 4.69) is 36.4 Å². The lowest BCUT2D eigenvalue weighted by atomic mass is 10.1. The molecule has 1 aromatic rings. The molecule has 0 spiro atoms. The van der Waals surface area contributed by atoms with Crippen LogP contribution in [0.1, 0.15) is 18.4 Å². The monoisotopic (exact) mass is 174 g/mol. The number of rotatable bonds is 2. The SMILES string of the molecule is C(=CC1CCCO1)c1ccccc1. The topological polar surface area (TPSA) is 9.23 Å². The van der Waals surface area contributed by atoms with Gasteiger partial charge in [-0.05, 0) is 18.4 Å². The van der Waals surface area contributed by atoms with Gasteiger partial charge in [-0.3, -0.25) is 0 Å². The van der Waals surface area contributed by atoms with Gasteiger partial charge < -0.3 is 4.74 Å². The highest BCUT2D eigenvalue weighted by Gasteiger charge is 2.10. The molecule has 1 atom stereocenters. The van der Waals surface area contributed by atoms with Crippen molar-refractivity contribution in [3.8, 4) is 0 Å². The smallest absolute Gasteiger partial charge is 0.0759 e. The Hall–Kier alpha value is -1.08.